The summed E-state index contributed by atoms with van der Waals surface area (Å²) in [6.45, 7) is 4.17. The normalized spacial score (nSPS) is 19.1. The maximum absolute atomic E-state index is 5.31. The Kier molecular flexibility index (Phi) is 2.30. The maximum Gasteiger partial charge on any atom is 0.232 e. The van der Waals surface area contributed by atoms with Crippen molar-refractivity contribution in [1.29, 1.82) is 0 Å². The molecule has 1 atom stereocenters. The van der Waals surface area contributed by atoms with Crippen LogP contribution < -0.4 is 16.6 Å². The predicted octanol–water partition coefficient (Wildman–Crippen LogP) is -0.231. The molecule has 4 N–H and O–H groups in total. The molecule has 0 bridgehead atoms. The van der Waals surface area contributed by atoms with E-state index in [0.717, 1.165) is 12.3 Å². The number of guanidine groups is 1. The summed E-state index contributed by atoms with van der Waals surface area (Å²) in [5, 5.41) is 7.76. The van der Waals surface area contributed by atoms with Gasteiger partial charge in [0.05, 0.1) is 0 Å². The molecule has 0 unspecified atom stereocenters. The molecule has 0 spiro atoms. The minimum Gasteiger partial charge on any atom is -0.367 e. The number of amidine groups is 1. The third-order valence-corrected chi connectivity index (χ3v) is 1.66. The van der Waals surface area contributed by atoms with Crippen molar-refractivity contribution in [2.45, 2.75) is 20.3 Å². The van der Waals surface area contributed by atoms with Crippen LogP contribution in [0.2, 0.25) is 0 Å². The highest BCUT2D eigenvalue weighted by atomic mass is 15.5. The topological polar surface area (TPSA) is 74.8 Å². The minimum atomic E-state index is 0.303. The quantitative estimate of drug-likeness (QED) is 0.515. The van der Waals surface area contributed by atoms with E-state index in [2.05, 4.69) is 34.9 Å². The van der Waals surface area contributed by atoms with E-state index in [1.54, 1.807) is 0 Å². The van der Waals surface area contributed by atoms with Crippen molar-refractivity contribution in [2.75, 3.05) is 0 Å². The second-order valence-corrected chi connectivity index (χ2v) is 2.53. The van der Waals surface area contributed by atoms with Gasteiger partial charge in [-0.3, -0.25) is 5.43 Å². The van der Waals surface area contributed by atoms with Gasteiger partial charge < -0.3 is 5.73 Å². The van der Waals surface area contributed by atoms with Crippen LogP contribution in [0.4, 0.5) is 0 Å². The van der Waals surface area contributed by atoms with Crippen LogP contribution >= 0.6 is 0 Å². The molecule has 1 aliphatic heterocycles. The van der Waals surface area contributed by atoms with Crippen molar-refractivity contribution in [2.24, 2.45) is 21.9 Å². The van der Waals surface area contributed by atoms with Gasteiger partial charge in [-0.05, 0) is 6.42 Å². The van der Waals surface area contributed by atoms with Crippen LogP contribution in [0.5, 0.6) is 0 Å². The first kappa shape index (κ1) is 7.84. The molecule has 0 aromatic carbocycles. The van der Waals surface area contributed by atoms with Gasteiger partial charge in [0.25, 0.3) is 0 Å². The second kappa shape index (κ2) is 3.23. The van der Waals surface area contributed by atoms with Gasteiger partial charge in [0.1, 0.15) is 5.84 Å². The molecule has 62 valence electrons. The van der Waals surface area contributed by atoms with Gasteiger partial charge in [0.15, 0.2) is 0 Å². The number of hydrazone groups is 2. The van der Waals surface area contributed by atoms with Crippen molar-refractivity contribution in [3.63, 3.8) is 0 Å². The van der Waals surface area contributed by atoms with E-state index in [0.29, 0.717) is 11.9 Å². The Morgan fingerprint density at radius 2 is 2.18 bits per heavy atom. The Bertz CT molecular complexity index is 195. The monoisotopic (exact) mass is 155 g/mol. The van der Waals surface area contributed by atoms with Crippen LogP contribution in [-0.4, -0.2) is 11.8 Å². The van der Waals surface area contributed by atoms with Gasteiger partial charge >= 0.3 is 0 Å². The standard InChI is InChI=1S/C6H13N5/c1-3-4(2)5-8-10-6(7)11-9-5/h4H,3H2,1-2H3,(H,8,9)(H3,7,10,11)/t4-/m0/s1. The summed E-state index contributed by atoms with van der Waals surface area (Å²) in [5.41, 5.74) is 10.7. The molecular formula is C6H13N5. The number of hydrogen-bond donors (Lipinski definition) is 3. The fraction of sp³-hybridized carbons (Fsp3) is 0.667. The molecule has 0 radical (unpaired) electrons. The molecule has 5 heteroatoms. The Morgan fingerprint density at radius 3 is 2.64 bits per heavy atom. The van der Waals surface area contributed by atoms with Crippen LogP contribution in [-0.2, 0) is 0 Å². The first-order valence-corrected chi connectivity index (χ1v) is 3.66. The fourth-order valence-electron chi connectivity index (χ4n) is 0.699. The average Bonchev–Trinajstić information content (AvgIpc) is 2.05. The third-order valence-electron chi connectivity index (χ3n) is 1.66. The van der Waals surface area contributed by atoms with Crippen molar-refractivity contribution >= 4 is 11.8 Å². The van der Waals surface area contributed by atoms with E-state index in [9.17, 15) is 0 Å². The summed E-state index contributed by atoms with van der Waals surface area (Å²) < 4.78 is 0. The lowest BCUT2D eigenvalue weighted by Crippen LogP contribution is -2.40. The highest BCUT2D eigenvalue weighted by Crippen LogP contribution is 2.02. The van der Waals surface area contributed by atoms with Gasteiger partial charge in [-0.1, -0.05) is 13.8 Å². The summed E-state index contributed by atoms with van der Waals surface area (Å²) >= 11 is 0. The molecular weight excluding hydrogens is 142 g/mol. The number of rotatable bonds is 2. The van der Waals surface area contributed by atoms with Crippen LogP contribution in [0.15, 0.2) is 10.2 Å². The smallest absolute Gasteiger partial charge is 0.232 e. The highest BCUT2D eigenvalue weighted by molar-refractivity contribution is 5.90. The fourth-order valence-corrected chi connectivity index (χ4v) is 0.699. The molecule has 0 aliphatic carbocycles. The summed E-state index contributed by atoms with van der Waals surface area (Å²) in [6.07, 6.45) is 1.03. The zero-order chi connectivity index (χ0) is 8.27. The van der Waals surface area contributed by atoms with Crippen LogP contribution in [0.1, 0.15) is 20.3 Å². The molecule has 0 fully saturated rings. The molecule has 5 nitrogen and oxygen atoms in total. The lowest BCUT2D eigenvalue weighted by atomic mass is 10.1. The van der Waals surface area contributed by atoms with Gasteiger partial charge in [0, 0.05) is 5.92 Å². The van der Waals surface area contributed by atoms with Crippen molar-refractivity contribution in [3.05, 3.63) is 0 Å². The summed E-state index contributed by atoms with van der Waals surface area (Å²) in [5.74, 6) is 1.53. The number of hydrogen-bond acceptors (Lipinski definition) is 5. The lowest BCUT2D eigenvalue weighted by molar-refractivity contribution is 0.683. The lowest BCUT2D eigenvalue weighted by Gasteiger charge is -2.15. The Balaban J connectivity index is 2.51. The zero-order valence-corrected chi connectivity index (χ0v) is 6.76. The summed E-state index contributed by atoms with van der Waals surface area (Å²) in [4.78, 5) is 0. The second-order valence-electron chi connectivity index (χ2n) is 2.53. The first-order chi connectivity index (χ1) is 5.24. The van der Waals surface area contributed by atoms with Gasteiger partial charge in [-0.25, -0.2) is 5.43 Å². The third kappa shape index (κ3) is 1.83. The Morgan fingerprint density at radius 1 is 1.45 bits per heavy atom. The molecule has 0 aromatic heterocycles. The zero-order valence-electron chi connectivity index (χ0n) is 6.76. The van der Waals surface area contributed by atoms with Crippen LogP contribution in [0, 0.1) is 5.92 Å². The molecule has 0 saturated heterocycles. The highest BCUT2D eigenvalue weighted by Gasteiger charge is 2.10. The van der Waals surface area contributed by atoms with Crippen molar-refractivity contribution in [1.82, 2.24) is 10.9 Å². The largest absolute Gasteiger partial charge is 0.367 e. The van der Waals surface area contributed by atoms with Crippen LogP contribution in [0.25, 0.3) is 0 Å². The average molecular weight is 155 g/mol. The minimum absolute atomic E-state index is 0.303. The first-order valence-electron chi connectivity index (χ1n) is 3.66. The van der Waals surface area contributed by atoms with Gasteiger partial charge in [0.2, 0.25) is 5.96 Å². The molecule has 1 rings (SSSR count). The number of nitrogens with two attached hydrogens (primary N) is 1. The van der Waals surface area contributed by atoms with Crippen molar-refractivity contribution < 1.29 is 0 Å². The molecule has 11 heavy (non-hydrogen) atoms. The Hall–Kier alpha value is -1.26. The Labute approximate surface area is 65.7 Å². The summed E-state index contributed by atoms with van der Waals surface area (Å²) in [7, 11) is 0. The van der Waals surface area contributed by atoms with E-state index >= 15 is 0 Å². The van der Waals surface area contributed by atoms with E-state index in [1.807, 2.05) is 0 Å². The maximum atomic E-state index is 5.31. The molecule has 1 heterocycles. The van der Waals surface area contributed by atoms with Gasteiger partial charge in [-0.2, -0.15) is 5.10 Å². The SMILES string of the molecule is CC[C@H](C)C1=NNC(N)=NN1. The molecule has 0 aromatic rings. The number of nitrogens with zero attached hydrogens (tertiary/aromatic N) is 2. The molecule has 0 saturated carbocycles. The molecule has 1 aliphatic rings. The van der Waals surface area contributed by atoms with E-state index in [-0.39, 0.29) is 0 Å². The van der Waals surface area contributed by atoms with E-state index in [4.69, 9.17) is 5.73 Å². The van der Waals surface area contributed by atoms with E-state index < -0.39 is 0 Å². The van der Waals surface area contributed by atoms with Crippen molar-refractivity contribution in [3.8, 4) is 0 Å². The van der Waals surface area contributed by atoms with Crippen LogP contribution in [0.3, 0.4) is 0 Å². The van der Waals surface area contributed by atoms with E-state index in [1.165, 1.54) is 0 Å². The predicted molar refractivity (Wildman–Crippen MR) is 44.8 cm³/mol. The number of nitrogens with one attached hydrogen (secondary N) is 2. The van der Waals surface area contributed by atoms with Gasteiger partial charge in [-0.15, -0.1) is 5.10 Å². The summed E-state index contributed by atoms with van der Waals surface area (Å²) in [6, 6.07) is 0. The molecule has 0 amide bonds.